The fraction of sp³-hybridized carbons (Fsp3) is 0.867. The first-order valence-corrected chi connectivity index (χ1v) is 7.91. The maximum absolute atomic E-state index is 12.1. The molecule has 0 aromatic heterocycles. The van der Waals surface area contributed by atoms with Crippen LogP contribution in [0.25, 0.3) is 0 Å². The van der Waals surface area contributed by atoms with Crippen LogP contribution < -0.4 is 5.32 Å². The molecule has 1 saturated heterocycles. The number of carbonyl (C=O) groups is 1. The zero-order chi connectivity index (χ0) is 15.3. The Balaban J connectivity index is 1.72. The summed E-state index contributed by atoms with van der Waals surface area (Å²) < 4.78 is 5.41. The van der Waals surface area contributed by atoms with Crippen LogP contribution in [0.2, 0.25) is 0 Å². The highest BCUT2D eigenvalue weighted by atomic mass is 16.6. The van der Waals surface area contributed by atoms with E-state index >= 15 is 0 Å². The number of hydrogen-bond donors (Lipinski definition) is 1. The van der Waals surface area contributed by atoms with Gasteiger partial charge in [0.25, 0.3) is 0 Å². The Morgan fingerprint density at radius 1 is 1.29 bits per heavy atom. The van der Waals surface area contributed by atoms with Crippen molar-refractivity contribution in [2.24, 2.45) is 4.99 Å². The number of hydrogen-bond acceptors (Lipinski definition) is 5. The Bertz CT molecular complexity index is 384. The standard InChI is InChI=1S/C15H28N4O2/c1-15(2,3)21-14(20)19-11-7-17-13(12-19)16-6-10-18-8-4-5-9-18/h4-12H2,1-3H3,(H,16,17). The van der Waals surface area contributed by atoms with E-state index in [9.17, 15) is 4.79 Å². The SMILES string of the molecule is CC(C)(C)OC(=O)N1CCN=C(NCCN2CCCC2)C1. The van der Waals surface area contributed by atoms with Crippen molar-refractivity contribution in [1.82, 2.24) is 15.1 Å². The number of rotatable bonds is 3. The van der Waals surface area contributed by atoms with Crippen LogP contribution in [0.1, 0.15) is 33.6 Å². The molecule has 0 atom stereocenters. The van der Waals surface area contributed by atoms with Crippen molar-refractivity contribution in [3.8, 4) is 0 Å². The van der Waals surface area contributed by atoms with Crippen LogP contribution in [-0.2, 0) is 4.74 Å². The fourth-order valence-electron chi connectivity index (χ4n) is 2.57. The molecule has 1 fully saturated rings. The predicted molar refractivity (Wildman–Crippen MR) is 83.8 cm³/mol. The summed E-state index contributed by atoms with van der Waals surface area (Å²) in [6.07, 6.45) is 2.37. The summed E-state index contributed by atoms with van der Waals surface area (Å²) in [4.78, 5) is 20.7. The first kappa shape index (κ1) is 16.1. The summed E-state index contributed by atoms with van der Waals surface area (Å²) in [7, 11) is 0. The second-order valence-corrected chi connectivity index (χ2v) is 6.71. The van der Waals surface area contributed by atoms with Gasteiger partial charge in [0.05, 0.1) is 13.1 Å². The summed E-state index contributed by atoms with van der Waals surface area (Å²) in [6, 6.07) is 0. The van der Waals surface area contributed by atoms with Crippen LogP contribution >= 0.6 is 0 Å². The lowest BCUT2D eigenvalue weighted by molar-refractivity contribution is 0.0276. The number of amidine groups is 1. The molecule has 120 valence electrons. The average Bonchev–Trinajstić information content (AvgIpc) is 2.90. The van der Waals surface area contributed by atoms with Gasteiger partial charge in [-0.1, -0.05) is 0 Å². The quantitative estimate of drug-likeness (QED) is 0.853. The van der Waals surface area contributed by atoms with Gasteiger partial charge in [-0.3, -0.25) is 9.89 Å². The van der Waals surface area contributed by atoms with Crippen LogP contribution in [0.5, 0.6) is 0 Å². The summed E-state index contributed by atoms with van der Waals surface area (Å²) in [5.74, 6) is 0.895. The van der Waals surface area contributed by atoms with Crippen molar-refractivity contribution in [2.75, 3.05) is 45.8 Å². The molecule has 6 nitrogen and oxygen atoms in total. The highest BCUT2D eigenvalue weighted by molar-refractivity contribution is 5.87. The largest absolute Gasteiger partial charge is 0.444 e. The van der Waals surface area contributed by atoms with Gasteiger partial charge >= 0.3 is 6.09 Å². The van der Waals surface area contributed by atoms with E-state index in [0.717, 1.165) is 18.9 Å². The molecule has 0 spiro atoms. The number of amides is 1. The van der Waals surface area contributed by atoms with E-state index in [0.29, 0.717) is 19.6 Å². The Kier molecular flexibility index (Phi) is 5.45. The molecule has 0 unspecified atom stereocenters. The molecule has 2 aliphatic heterocycles. The van der Waals surface area contributed by atoms with Crippen molar-refractivity contribution < 1.29 is 9.53 Å². The van der Waals surface area contributed by atoms with Gasteiger partial charge in [-0.15, -0.1) is 0 Å². The van der Waals surface area contributed by atoms with Gasteiger partial charge in [-0.25, -0.2) is 4.79 Å². The number of likely N-dealkylation sites (tertiary alicyclic amines) is 1. The highest BCUT2D eigenvalue weighted by Gasteiger charge is 2.24. The van der Waals surface area contributed by atoms with Crippen molar-refractivity contribution >= 4 is 11.9 Å². The molecule has 1 amide bonds. The highest BCUT2D eigenvalue weighted by Crippen LogP contribution is 2.11. The van der Waals surface area contributed by atoms with Crippen LogP contribution in [0.4, 0.5) is 4.79 Å². The zero-order valence-corrected chi connectivity index (χ0v) is 13.5. The smallest absolute Gasteiger partial charge is 0.410 e. The summed E-state index contributed by atoms with van der Waals surface area (Å²) in [6.45, 7) is 11.8. The van der Waals surface area contributed by atoms with Crippen molar-refractivity contribution in [2.45, 2.75) is 39.2 Å². The molecular formula is C15H28N4O2. The second-order valence-electron chi connectivity index (χ2n) is 6.71. The number of nitrogens with one attached hydrogen (secondary N) is 1. The predicted octanol–water partition coefficient (Wildman–Crippen LogP) is 1.32. The molecule has 0 radical (unpaired) electrons. The van der Waals surface area contributed by atoms with E-state index in [1.165, 1.54) is 25.9 Å². The molecule has 0 aliphatic carbocycles. The lowest BCUT2D eigenvalue weighted by Crippen LogP contribution is -2.48. The molecule has 0 aromatic carbocycles. The molecular weight excluding hydrogens is 268 g/mol. The summed E-state index contributed by atoms with van der Waals surface area (Å²) in [5, 5.41) is 3.36. The number of nitrogens with zero attached hydrogens (tertiary/aromatic N) is 3. The minimum absolute atomic E-state index is 0.253. The Morgan fingerprint density at radius 2 is 2.00 bits per heavy atom. The van der Waals surface area contributed by atoms with Crippen LogP contribution in [0.3, 0.4) is 0 Å². The van der Waals surface area contributed by atoms with E-state index in [-0.39, 0.29) is 6.09 Å². The monoisotopic (exact) mass is 296 g/mol. The van der Waals surface area contributed by atoms with E-state index in [2.05, 4.69) is 15.2 Å². The van der Waals surface area contributed by atoms with E-state index in [1.807, 2.05) is 20.8 Å². The average molecular weight is 296 g/mol. The molecule has 2 rings (SSSR count). The van der Waals surface area contributed by atoms with Gasteiger partial charge < -0.3 is 15.0 Å². The van der Waals surface area contributed by atoms with Crippen molar-refractivity contribution in [3.05, 3.63) is 0 Å². The molecule has 0 bridgehead atoms. The Morgan fingerprint density at radius 3 is 2.67 bits per heavy atom. The summed E-state index contributed by atoms with van der Waals surface area (Å²) >= 11 is 0. The van der Waals surface area contributed by atoms with Gasteiger partial charge in [0.1, 0.15) is 11.4 Å². The Labute approximate surface area is 127 Å². The molecule has 21 heavy (non-hydrogen) atoms. The van der Waals surface area contributed by atoms with Gasteiger partial charge in [-0.05, 0) is 46.7 Å². The van der Waals surface area contributed by atoms with Crippen LogP contribution in [-0.4, -0.2) is 73.1 Å². The number of carbonyl (C=O) groups excluding carboxylic acids is 1. The third-order valence-corrected chi connectivity index (χ3v) is 3.62. The molecule has 0 saturated carbocycles. The topological polar surface area (TPSA) is 57.2 Å². The molecule has 1 N–H and O–H groups in total. The van der Waals surface area contributed by atoms with Gasteiger partial charge in [0.2, 0.25) is 0 Å². The van der Waals surface area contributed by atoms with E-state index < -0.39 is 5.60 Å². The second kappa shape index (κ2) is 7.11. The first-order valence-electron chi connectivity index (χ1n) is 7.91. The van der Waals surface area contributed by atoms with Gasteiger partial charge in [0, 0.05) is 19.6 Å². The van der Waals surface area contributed by atoms with Crippen molar-refractivity contribution in [1.29, 1.82) is 0 Å². The van der Waals surface area contributed by atoms with Gasteiger partial charge in [-0.2, -0.15) is 0 Å². The maximum Gasteiger partial charge on any atom is 0.410 e. The first-order chi connectivity index (χ1) is 9.94. The lowest BCUT2D eigenvalue weighted by Gasteiger charge is -2.30. The van der Waals surface area contributed by atoms with Crippen molar-refractivity contribution in [3.63, 3.8) is 0 Å². The van der Waals surface area contributed by atoms with E-state index in [4.69, 9.17) is 4.74 Å². The number of ether oxygens (including phenoxy) is 1. The molecule has 6 heteroatoms. The fourth-order valence-corrected chi connectivity index (χ4v) is 2.57. The molecule has 2 heterocycles. The lowest BCUT2D eigenvalue weighted by atomic mass is 10.2. The molecule has 0 aromatic rings. The molecule has 2 aliphatic rings. The number of aliphatic imine (C=N–C) groups is 1. The third-order valence-electron chi connectivity index (χ3n) is 3.62. The van der Waals surface area contributed by atoms with Crippen LogP contribution in [0.15, 0.2) is 4.99 Å². The van der Waals surface area contributed by atoms with E-state index in [1.54, 1.807) is 4.90 Å². The maximum atomic E-state index is 12.1. The van der Waals surface area contributed by atoms with Crippen LogP contribution in [0, 0.1) is 0 Å². The normalized spacial score (nSPS) is 20.3. The Hall–Kier alpha value is -1.30. The summed E-state index contributed by atoms with van der Waals surface area (Å²) in [5.41, 5.74) is -0.449. The minimum atomic E-state index is -0.449. The minimum Gasteiger partial charge on any atom is -0.444 e. The third kappa shape index (κ3) is 5.53. The van der Waals surface area contributed by atoms with Gasteiger partial charge in [0.15, 0.2) is 0 Å². The zero-order valence-electron chi connectivity index (χ0n) is 13.5.